The number of alkyl halides is 7. The Morgan fingerprint density at radius 2 is 0.743 bits per heavy atom. The van der Waals surface area contributed by atoms with Gasteiger partial charge in [-0.1, -0.05) is 127 Å². The van der Waals surface area contributed by atoms with Crippen LogP contribution in [0.3, 0.4) is 0 Å². The van der Waals surface area contributed by atoms with E-state index in [1.54, 1.807) is 74.3 Å². The fraction of sp³-hybridized carbons (Fsp3) is 0.145. The molecule has 3 unspecified atom stereocenters. The molecule has 0 fully saturated rings. The van der Waals surface area contributed by atoms with Gasteiger partial charge in [-0.2, -0.15) is 23.3 Å². The van der Waals surface area contributed by atoms with Gasteiger partial charge in [0.05, 0.1) is 5.60 Å². The molecule has 6 aromatic carbocycles. The van der Waals surface area contributed by atoms with Crippen molar-refractivity contribution in [1.29, 1.82) is 0 Å². The number of methoxy groups -OCH3 is 1. The normalized spacial score (nSPS) is 16.5. The van der Waals surface area contributed by atoms with E-state index >= 15 is 4.39 Å². The molecule has 105 heavy (non-hydrogen) atoms. The van der Waals surface area contributed by atoms with Crippen LogP contribution in [-0.2, 0) is 139 Å². The molecule has 0 saturated carbocycles. The summed E-state index contributed by atoms with van der Waals surface area (Å²) in [5.41, 5.74) is 7.33. The van der Waals surface area contributed by atoms with Crippen molar-refractivity contribution < 1.29 is 141 Å². The molecule has 9 aromatic heterocycles. The first-order valence-corrected chi connectivity index (χ1v) is 32.3. The van der Waals surface area contributed by atoms with Crippen LogP contribution in [0.5, 0.6) is 0 Å². The van der Waals surface area contributed by atoms with Gasteiger partial charge in [-0.15, -0.1) is 71.8 Å². The zero-order chi connectivity index (χ0) is 68.9. The number of hydrogen-bond acceptors (Lipinski definition) is 10. The summed E-state index contributed by atoms with van der Waals surface area (Å²) in [5, 5.41) is 7.96. The van der Waals surface area contributed by atoms with E-state index in [1.165, 1.54) is 77.3 Å². The summed E-state index contributed by atoms with van der Waals surface area (Å²) in [5.74, 6) is -8.73. The molecule has 0 saturated heterocycles. The molecule has 0 spiro atoms. The second-order valence-electron chi connectivity index (χ2n) is 25.1. The summed E-state index contributed by atoms with van der Waals surface area (Å²) in [7, 11) is 1.83. The Kier molecular flexibility index (Phi) is 22.7. The van der Waals surface area contributed by atoms with Gasteiger partial charge in [0.2, 0.25) is 0 Å². The van der Waals surface area contributed by atoms with E-state index in [-0.39, 0.29) is 144 Å². The van der Waals surface area contributed by atoms with E-state index in [2.05, 4.69) is 120 Å². The smallest absolute Gasteiger partial charge is 0.282 e. The molecule has 0 bridgehead atoms. The van der Waals surface area contributed by atoms with Crippen LogP contribution in [0.2, 0.25) is 0 Å². The van der Waals surface area contributed by atoms with Gasteiger partial charge in [-0.3, -0.25) is 15.0 Å². The fourth-order valence-electron chi connectivity index (χ4n) is 14.7. The van der Waals surface area contributed by atoms with Crippen LogP contribution in [0, 0.1) is 36.2 Å². The summed E-state index contributed by atoms with van der Waals surface area (Å²) in [6.07, 6.45) is 19.8. The van der Waals surface area contributed by atoms with E-state index in [0.29, 0.717) is 66.8 Å². The minimum atomic E-state index is -3.12. The third-order valence-corrected chi connectivity index (χ3v) is 19.5. The third-order valence-electron chi connectivity index (χ3n) is 19.5. The van der Waals surface area contributed by atoms with Gasteiger partial charge in [0.25, 0.3) is 17.8 Å². The average Bonchev–Trinajstić information content (AvgIpc) is 0.737. The van der Waals surface area contributed by atoms with Gasteiger partial charge in [0.15, 0.2) is 0 Å². The predicted molar refractivity (Wildman–Crippen MR) is 370 cm³/mol. The van der Waals surface area contributed by atoms with Gasteiger partial charge in [0.1, 0.15) is 5.67 Å². The van der Waals surface area contributed by atoms with Gasteiger partial charge < -0.3 is 34.6 Å². The zero-order valence-corrected chi connectivity index (χ0v) is 66.8. The van der Waals surface area contributed by atoms with Crippen molar-refractivity contribution >= 4 is 53.9 Å². The first kappa shape index (κ1) is 78.0. The molecule has 0 aliphatic heterocycles. The molecule has 0 N–H and O–H groups in total. The number of hydrogen-bond donors (Lipinski definition) is 0. The molecular weight excluding hydrogens is 2250 g/mol. The summed E-state index contributed by atoms with van der Waals surface area (Å²) in [6.45, 7) is 6.15. The number of benzene rings is 6. The maximum atomic E-state index is 15.3. The van der Waals surface area contributed by atoms with Gasteiger partial charge >= 0.3 is 0 Å². The van der Waals surface area contributed by atoms with Crippen molar-refractivity contribution in [2.75, 3.05) is 7.11 Å². The zero-order valence-electron chi connectivity index (χ0n) is 55.4. The van der Waals surface area contributed by atoms with Gasteiger partial charge in [0, 0.05) is 178 Å². The number of pyridine rings is 9. The monoisotopic (exact) mass is 2300 g/mol. The van der Waals surface area contributed by atoms with Gasteiger partial charge in [-0.05, 0) is 168 Å². The Labute approximate surface area is 671 Å². The predicted octanol–water partition coefficient (Wildman–Crippen LogP) is 19.6. The molecule has 5 aliphatic rings. The molecule has 15 aromatic rings. The van der Waals surface area contributed by atoms with E-state index < -0.39 is 29.0 Å². The van der Waals surface area contributed by atoms with Crippen LogP contribution >= 0.6 is 0 Å². The topological polar surface area (TPSA) is 125 Å². The van der Waals surface area contributed by atoms with E-state index in [0.717, 1.165) is 56.9 Å². The molecule has 10 nitrogen and oxygen atoms in total. The van der Waals surface area contributed by atoms with Crippen molar-refractivity contribution in [2.24, 2.45) is 5.92 Å². The van der Waals surface area contributed by atoms with Crippen molar-refractivity contribution in [3.8, 4) is 56.3 Å². The third kappa shape index (κ3) is 12.8. The van der Waals surface area contributed by atoms with E-state index in [9.17, 15) is 26.3 Å². The van der Waals surface area contributed by atoms with E-state index in [1.807, 2.05) is 67.9 Å². The molecule has 20 rings (SSSR count). The first-order chi connectivity index (χ1) is 48.5. The number of nitrogens with zero attached hydrogens (tertiary/aromatic N) is 9. The van der Waals surface area contributed by atoms with Crippen LogP contribution in [0.25, 0.3) is 110 Å². The molecule has 540 valence electrons. The maximum absolute atomic E-state index is 15.3. The molecule has 0 radical (unpaired) electrons. The quantitative estimate of drug-likeness (QED) is 0.124. The summed E-state index contributed by atoms with van der Waals surface area (Å²) < 4.78 is 109. The second kappa shape index (κ2) is 30.6. The Morgan fingerprint density at radius 1 is 0.362 bits per heavy atom. The average molecular weight is 2300 g/mol. The summed E-state index contributed by atoms with van der Waals surface area (Å²) >= 11 is 0. The Bertz CT molecular complexity index is 5240. The SMILES string of the molecule is CC1(F)c2ccc[c-]c2-c2nccc3cccc1c23.CCC(C)CC1(OC)c2ccc[c-]c2-c2nccc3cccc1c23.FC1(F)c2cnc[c-]c2-c2nccc3cccc1c23.FC1(F)c2cnc[c-]c2-c2nccc3cncc1c23.FC1(F)c2ncc[c-]c2-c2nccc3cccc1c23.[Pt].[Pt].[Pt].[Pt].[Pt]. The number of aromatic nitrogens is 9. The van der Waals surface area contributed by atoms with Crippen LogP contribution in [-0.4, -0.2) is 52.0 Å². The van der Waals surface area contributed by atoms with E-state index in [4.69, 9.17) is 9.72 Å². The van der Waals surface area contributed by atoms with Crippen molar-refractivity contribution in [2.45, 2.75) is 62.7 Å². The minimum Gasteiger partial charge on any atom is -0.378 e. The standard InChI is InChI=1S/C22H22NO.C17H11FN.2C15H7F2N2.C14H6F2N3.5Pt/c1-4-15(2)14-22(24-3)18-10-6-5-9-17(18)21-20-16(12-13-23-21)8-7-11-19(20)22;1-17(18)13-7-3-2-6-12(13)16-15-11(9-10-19-16)5-4-8-14(15)17;16-15(17)11-5-1-3-9-6-8-18-13(12(9)11)10-4-2-7-19-14(10)15;16-15(17)11-3-1-2-9-4-7-19-14(13(9)11)10-5-6-18-8-12(10)15;15-14(16)10-6-17-3-2-9(10)13-12-8(1-4-19-13)5-18-7-11(12)14;;;;;/h5-8,10-13,15H,4,14H2,1-3H3;2-5,7-10H,1H3;1-3,5-8H;1-4,6-8H;1,3-7H;;;;;/q5*-1;;;;;. The van der Waals surface area contributed by atoms with Crippen molar-refractivity contribution in [1.82, 2.24) is 44.9 Å². The molecule has 5 aliphatic carbocycles. The summed E-state index contributed by atoms with van der Waals surface area (Å²) in [6, 6.07) is 59.3. The first-order valence-electron chi connectivity index (χ1n) is 32.3. The maximum Gasteiger partial charge on any atom is 0.282 e. The second-order valence-corrected chi connectivity index (χ2v) is 25.1. The van der Waals surface area contributed by atoms with Crippen LogP contribution < -0.4 is 0 Å². The number of ether oxygens (including phenoxy) is 1. The minimum absolute atomic E-state index is 0. The molecular formula is C83H53F7N9OPt5-5. The van der Waals surface area contributed by atoms with Gasteiger partial charge in [-0.25, -0.2) is 30.7 Å². The number of fused-ring (bicyclic) bond motifs is 10. The van der Waals surface area contributed by atoms with Crippen LogP contribution in [0.15, 0.2) is 220 Å². The Morgan fingerprint density at radius 3 is 1.25 bits per heavy atom. The summed E-state index contributed by atoms with van der Waals surface area (Å²) in [4.78, 5) is 37.1. The Hall–Kier alpha value is -8.12. The van der Waals surface area contributed by atoms with Crippen molar-refractivity contribution in [3.63, 3.8) is 0 Å². The van der Waals surface area contributed by atoms with Crippen LogP contribution in [0.4, 0.5) is 30.7 Å². The molecule has 0 amide bonds. The van der Waals surface area contributed by atoms with Crippen molar-refractivity contribution in [3.05, 3.63) is 306 Å². The number of halogens is 7. The Balaban J connectivity index is 0.000000130. The molecule has 22 heteroatoms. The number of rotatable bonds is 4. The molecule has 3 atom stereocenters. The van der Waals surface area contributed by atoms with Crippen LogP contribution in [0.1, 0.15) is 89.4 Å². The fourth-order valence-corrected chi connectivity index (χ4v) is 14.7. The largest absolute Gasteiger partial charge is 0.378 e. The molecule has 9 heterocycles.